The van der Waals surface area contributed by atoms with Crippen molar-refractivity contribution >= 4 is 27.2 Å². The number of aliphatic hydroxyl groups is 1. The van der Waals surface area contributed by atoms with E-state index in [-0.39, 0.29) is 17.8 Å². The second-order valence-corrected chi connectivity index (χ2v) is 8.81. The molecule has 0 bridgehead atoms. The lowest BCUT2D eigenvalue weighted by molar-refractivity contribution is -0.137. The Bertz CT molecular complexity index is 1270. The molecule has 0 amide bonds. The van der Waals surface area contributed by atoms with Gasteiger partial charge < -0.3 is 10.4 Å². The fourth-order valence-corrected chi connectivity index (χ4v) is 4.73. The molecule has 0 radical (unpaired) electrons. The first kappa shape index (κ1) is 23.2. The average Bonchev–Trinajstić information content (AvgIpc) is 3.25. The van der Waals surface area contributed by atoms with E-state index in [1.54, 1.807) is 42.5 Å². The molecule has 0 fully saturated rings. The number of carbonyl (C=O) groups excluding carboxylic acids is 1. The molecule has 4 aromatic rings. The minimum absolute atomic E-state index is 0.168. The number of Topliss-reactive ketones (excluding diaryl/α,β-unsaturated/α-hetero) is 1. The maximum absolute atomic E-state index is 13.9. The van der Waals surface area contributed by atoms with Gasteiger partial charge >= 0.3 is 6.18 Å². The largest absolute Gasteiger partial charge is 0.417 e. The number of alkyl halides is 3. The zero-order valence-corrected chi connectivity index (χ0v) is 18.5. The molecular weight excluding hydrogens is 447 g/mol. The maximum atomic E-state index is 13.9. The summed E-state index contributed by atoms with van der Waals surface area (Å²) < 4.78 is 42.6. The number of hydrogen-bond acceptors (Lipinski definition) is 4. The maximum Gasteiger partial charge on any atom is 0.417 e. The van der Waals surface area contributed by atoms with E-state index in [0.29, 0.717) is 24.2 Å². The average molecular weight is 470 g/mol. The van der Waals surface area contributed by atoms with Crippen LogP contribution in [0.2, 0.25) is 0 Å². The summed E-state index contributed by atoms with van der Waals surface area (Å²) in [5, 5.41) is 12.9. The molecule has 0 aliphatic carbocycles. The fraction of sp³-hybridized carbons (Fsp3) is 0.192. The Kier molecular flexibility index (Phi) is 6.93. The van der Waals surface area contributed by atoms with E-state index in [2.05, 4.69) is 5.32 Å². The molecule has 7 heteroatoms. The molecule has 2 N–H and O–H groups in total. The van der Waals surface area contributed by atoms with E-state index in [9.17, 15) is 18.0 Å². The topological polar surface area (TPSA) is 49.3 Å². The van der Waals surface area contributed by atoms with Crippen molar-refractivity contribution in [2.45, 2.75) is 19.1 Å². The summed E-state index contributed by atoms with van der Waals surface area (Å²) in [5.74, 6) is -0.211. The number of fused-ring (bicyclic) bond motifs is 1. The summed E-state index contributed by atoms with van der Waals surface area (Å²) in [6, 6.07) is 20.9. The molecule has 1 heterocycles. The quantitative estimate of drug-likeness (QED) is 0.298. The van der Waals surface area contributed by atoms with Gasteiger partial charge in [0.1, 0.15) is 6.61 Å². The monoisotopic (exact) mass is 469 g/mol. The SMILES string of the molecule is O=C(CO)CCNCc1ccc2sc(-c3ccc(-c4ccccc4)c(C(F)(F)F)c3)cc2c1. The van der Waals surface area contributed by atoms with Crippen LogP contribution in [0.25, 0.3) is 31.7 Å². The number of benzene rings is 3. The molecule has 0 atom stereocenters. The van der Waals surface area contributed by atoms with Gasteiger partial charge in [-0.05, 0) is 51.9 Å². The predicted octanol–water partition coefficient (Wildman–Crippen LogP) is 6.30. The Hall–Kier alpha value is -3.00. The van der Waals surface area contributed by atoms with Crippen LogP contribution in [-0.2, 0) is 17.5 Å². The number of halogens is 3. The van der Waals surface area contributed by atoms with Crippen LogP contribution in [0.3, 0.4) is 0 Å². The van der Waals surface area contributed by atoms with Crippen LogP contribution in [0.1, 0.15) is 17.5 Å². The van der Waals surface area contributed by atoms with Gasteiger partial charge in [-0.15, -0.1) is 11.3 Å². The molecule has 0 spiro atoms. The zero-order chi connectivity index (χ0) is 23.4. The fourth-order valence-electron chi connectivity index (χ4n) is 3.69. The highest BCUT2D eigenvalue weighted by molar-refractivity contribution is 7.22. The summed E-state index contributed by atoms with van der Waals surface area (Å²) in [4.78, 5) is 11.9. The third-order valence-corrected chi connectivity index (χ3v) is 6.53. The Morgan fingerprint density at radius 2 is 1.73 bits per heavy atom. The second kappa shape index (κ2) is 9.87. The minimum atomic E-state index is -4.46. The molecule has 1 aromatic heterocycles. The third kappa shape index (κ3) is 5.50. The first-order chi connectivity index (χ1) is 15.8. The molecule has 0 aliphatic rings. The number of aliphatic hydroxyl groups excluding tert-OH is 1. The van der Waals surface area contributed by atoms with Crippen molar-refractivity contribution in [3.8, 4) is 21.6 Å². The van der Waals surface area contributed by atoms with Gasteiger partial charge in [0.15, 0.2) is 5.78 Å². The van der Waals surface area contributed by atoms with Crippen molar-refractivity contribution in [1.82, 2.24) is 5.32 Å². The molecule has 4 rings (SSSR count). The third-order valence-electron chi connectivity index (χ3n) is 5.36. The first-order valence-electron chi connectivity index (χ1n) is 10.5. The first-order valence-corrected chi connectivity index (χ1v) is 11.3. The molecule has 33 heavy (non-hydrogen) atoms. The summed E-state index contributed by atoms with van der Waals surface area (Å²) >= 11 is 1.46. The van der Waals surface area contributed by atoms with Crippen molar-refractivity contribution in [1.29, 1.82) is 0 Å². The van der Waals surface area contributed by atoms with Crippen LogP contribution in [-0.4, -0.2) is 24.0 Å². The Balaban J connectivity index is 1.60. The van der Waals surface area contributed by atoms with E-state index >= 15 is 0 Å². The lowest BCUT2D eigenvalue weighted by atomic mass is 9.96. The summed E-state index contributed by atoms with van der Waals surface area (Å²) in [7, 11) is 0. The summed E-state index contributed by atoms with van der Waals surface area (Å²) in [6.45, 7) is 0.581. The molecule has 0 unspecified atom stereocenters. The molecule has 3 nitrogen and oxygen atoms in total. The molecule has 3 aromatic carbocycles. The van der Waals surface area contributed by atoms with Crippen molar-refractivity contribution in [3.05, 3.63) is 83.9 Å². The second-order valence-electron chi connectivity index (χ2n) is 7.73. The van der Waals surface area contributed by atoms with Gasteiger partial charge in [-0.1, -0.05) is 48.5 Å². The van der Waals surface area contributed by atoms with Gasteiger partial charge in [0, 0.05) is 29.1 Å². The Labute approximate surface area is 193 Å². The smallest absolute Gasteiger partial charge is 0.389 e. The molecular formula is C26H22F3NO2S. The lowest BCUT2D eigenvalue weighted by Crippen LogP contribution is -2.19. The van der Waals surface area contributed by atoms with Gasteiger partial charge in [0.25, 0.3) is 0 Å². The van der Waals surface area contributed by atoms with E-state index in [1.165, 1.54) is 17.4 Å². The van der Waals surface area contributed by atoms with Crippen LogP contribution in [0.4, 0.5) is 13.2 Å². The van der Waals surface area contributed by atoms with Crippen LogP contribution in [0.15, 0.2) is 72.8 Å². The van der Waals surface area contributed by atoms with E-state index in [1.807, 2.05) is 24.3 Å². The van der Waals surface area contributed by atoms with Crippen molar-refractivity contribution < 1.29 is 23.1 Å². The van der Waals surface area contributed by atoms with E-state index < -0.39 is 18.3 Å². The van der Waals surface area contributed by atoms with Crippen molar-refractivity contribution in [3.63, 3.8) is 0 Å². The van der Waals surface area contributed by atoms with Gasteiger partial charge in [-0.3, -0.25) is 4.79 Å². The molecule has 0 saturated heterocycles. The minimum Gasteiger partial charge on any atom is -0.389 e. The molecule has 170 valence electrons. The van der Waals surface area contributed by atoms with Crippen LogP contribution in [0.5, 0.6) is 0 Å². The number of carbonyl (C=O) groups is 1. The summed E-state index contributed by atoms with van der Waals surface area (Å²) in [6.07, 6.45) is -4.20. The van der Waals surface area contributed by atoms with Crippen LogP contribution in [0, 0.1) is 0 Å². The van der Waals surface area contributed by atoms with Crippen molar-refractivity contribution in [2.75, 3.05) is 13.2 Å². The van der Waals surface area contributed by atoms with Gasteiger partial charge in [0.2, 0.25) is 0 Å². The number of rotatable bonds is 8. The molecule has 0 aliphatic heterocycles. The Morgan fingerprint density at radius 3 is 2.45 bits per heavy atom. The van der Waals surface area contributed by atoms with Gasteiger partial charge in [-0.25, -0.2) is 0 Å². The Morgan fingerprint density at radius 1 is 0.939 bits per heavy atom. The van der Waals surface area contributed by atoms with Crippen LogP contribution < -0.4 is 5.32 Å². The van der Waals surface area contributed by atoms with Crippen LogP contribution >= 0.6 is 11.3 Å². The normalized spacial score (nSPS) is 11.8. The van der Waals surface area contributed by atoms with E-state index in [0.717, 1.165) is 20.5 Å². The number of nitrogens with one attached hydrogen (secondary N) is 1. The predicted molar refractivity (Wildman–Crippen MR) is 126 cm³/mol. The summed E-state index contributed by atoms with van der Waals surface area (Å²) in [5.41, 5.74) is 1.60. The standard InChI is InChI=1S/C26H22F3NO2S/c27-26(28,29)23-13-19(7-8-22(23)18-4-2-1-3-5-18)25-14-20-12-17(6-9-24(20)33-25)15-30-11-10-21(32)16-31/h1-9,12-14,30-31H,10-11,15-16H2. The van der Waals surface area contributed by atoms with Crippen molar-refractivity contribution in [2.24, 2.45) is 0 Å². The molecule has 0 saturated carbocycles. The number of thiophene rings is 1. The number of hydrogen-bond donors (Lipinski definition) is 2. The van der Waals surface area contributed by atoms with Gasteiger partial charge in [0.05, 0.1) is 5.56 Å². The zero-order valence-electron chi connectivity index (χ0n) is 17.7. The highest BCUT2D eigenvalue weighted by atomic mass is 32.1. The van der Waals surface area contributed by atoms with Gasteiger partial charge in [-0.2, -0.15) is 13.2 Å². The number of ketones is 1. The highest BCUT2D eigenvalue weighted by Crippen LogP contribution is 2.41. The van der Waals surface area contributed by atoms with E-state index in [4.69, 9.17) is 5.11 Å². The lowest BCUT2D eigenvalue weighted by Gasteiger charge is -2.14. The highest BCUT2D eigenvalue weighted by Gasteiger charge is 2.34.